The highest BCUT2D eigenvalue weighted by Gasteiger charge is 2.07. The Kier molecular flexibility index (Phi) is 5.26. The summed E-state index contributed by atoms with van der Waals surface area (Å²) in [5.74, 6) is 1.10. The molecule has 0 amide bonds. The van der Waals surface area contributed by atoms with Gasteiger partial charge in [-0.2, -0.15) is 0 Å². The lowest BCUT2D eigenvalue weighted by Gasteiger charge is -2.17. The second-order valence-electron chi connectivity index (χ2n) is 4.90. The number of hydrogen-bond donors (Lipinski definition) is 1. The number of aromatic nitrogens is 1. The number of aryl methyl sites for hydroxylation is 1. The van der Waals surface area contributed by atoms with Crippen LogP contribution in [0.4, 0.5) is 5.69 Å². The number of anilines is 1. The number of hydrogen-bond acceptors (Lipinski definition) is 4. The Bertz CT molecular complexity index is 579. The molecule has 3 nitrogen and oxygen atoms in total. The molecule has 0 fully saturated rings. The Morgan fingerprint density at radius 2 is 1.95 bits per heavy atom. The van der Waals surface area contributed by atoms with E-state index >= 15 is 0 Å². The number of benzene rings is 1. The zero-order valence-electron chi connectivity index (χ0n) is 12.5. The number of nitrogens with zero attached hydrogens (tertiary/aromatic N) is 2. The number of pyridine rings is 1. The summed E-state index contributed by atoms with van der Waals surface area (Å²) in [6.07, 6.45) is 1.88. The minimum Gasteiger partial charge on any atom is -0.398 e. The number of nitrogen functional groups attached to an aromatic ring is 1. The molecule has 1 aromatic heterocycles. The van der Waals surface area contributed by atoms with Crippen LogP contribution in [0.25, 0.3) is 10.8 Å². The van der Waals surface area contributed by atoms with E-state index in [1.165, 1.54) is 10.3 Å². The highest BCUT2D eigenvalue weighted by atomic mass is 32.2. The molecule has 4 heteroatoms. The van der Waals surface area contributed by atoms with Crippen molar-refractivity contribution < 1.29 is 0 Å². The Hall–Kier alpha value is -1.26. The van der Waals surface area contributed by atoms with Crippen LogP contribution in [0.2, 0.25) is 0 Å². The summed E-state index contributed by atoms with van der Waals surface area (Å²) in [7, 11) is 0. The van der Waals surface area contributed by atoms with Gasteiger partial charge in [0.2, 0.25) is 0 Å². The lowest BCUT2D eigenvalue weighted by Crippen LogP contribution is -2.25. The van der Waals surface area contributed by atoms with Crippen molar-refractivity contribution in [2.75, 3.05) is 31.1 Å². The van der Waals surface area contributed by atoms with Crippen molar-refractivity contribution >= 4 is 28.2 Å². The summed E-state index contributed by atoms with van der Waals surface area (Å²) in [5, 5.41) is 2.28. The first kappa shape index (κ1) is 15.1. The molecule has 0 aliphatic carbocycles. The molecule has 0 radical (unpaired) electrons. The van der Waals surface area contributed by atoms with Crippen molar-refractivity contribution in [3.63, 3.8) is 0 Å². The molecular weight excluding hydrogens is 266 g/mol. The number of rotatable bonds is 6. The predicted molar refractivity (Wildman–Crippen MR) is 89.4 cm³/mol. The number of fused-ring (bicyclic) bond motifs is 1. The van der Waals surface area contributed by atoms with E-state index < -0.39 is 0 Å². The normalized spacial score (nSPS) is 11.4. The maximum absolute atomic E-state index is 6.04. The molecule has 0 unspecified atom stereocenters. The van der Waals surface area contributed by atoms with Gasteiger partial charge in [0.25, 0.3) is 0 Å². The van der Waals surface area contributed by atoms with Crippen molar-refractivity contribution in [1.29, 1.82) is 0 Å². The quantitative estimate of drug-likeness (QED) is 0.652. The first-order valence-electron chi connectivity index (χ1n) is 7.15. The van der Waals surface area contributed by atoms with Crippen LogP contribution in [-0.2, 0) is 0 Å². The molecule has 0 aliphatic heterocycles. The topological polar surface area (TPSA) is 42.1 Å². The highest BCUT2D eigenvalue weighted by Crippen LogP contribution is 2.31. The van der Waals surface area contributed by atoms with Crippen LogP contribution in [-0.4, -0.2) is 35.3 Å². The lowest BCUT2D eigenvalue weighted by molar-refractivity contribution is 0.324. The molecule has 0 saturated carbocycles. The summed E-state index contributed by atoms with van der Waals surface area (Å²) in [6, 6.07) is 6.24. The Balaban J connectivity index is 2.18. The SMILES string of the molecule is CCN(CC)CCSc1ccc(N)c2cnc(C)cc12. The lowest BCUT2D eigenvalue weighted by atomic mass is 10.1. The molecule has 1 aromatic carbocycles. The molecule has 2 rings (SSSR count). The Morgan fingerprint density at radius 3 is 2.65 bits per heavy atom. The van der Waals surface area contributed by atoms with Gasteiger partial charge in [-0.15, -0.1) is 11.8 Å². The number of thioether (sulfide) groups is 1. The molecule has 0 aliphatic rings. The zero-order chi connectivity index (χ0) is 14.5. The van der Waals surface area contributed by atoms with E-state index in [9.17, 15) is 0 Å². The second kappa shape index (κ2) is 6.95. The summed E-state index contributed by atoms with van der Waals surface area (Å²) in [4.78, 5) is 8.09. The fourth-order valence-corrected chi connectivity index (χ4v) is 3.35. The molecule has 108 valence electrons. The van der Waals surface area contributed by atoms with Gasteiger partial charge in [0.15, 0.2) is 0 Å². The molecule has 0 atom stereocenters. The highest BCUT2D eigenvalue weighted by molar-refractivity contribution is 7.99. The van der Waals surface area contributed by atoms with Crippen LogP contribution < -0.4 is 5.73 Å². The van der Waals surface area contributed by atoms with Crippen LogP contribution in [0.3, 0.4) is 0 Å². The van der Waals surface area contributed by atoms with Gasteiger partial charge in [-0.1, -0.05) is 13.8 Å². The molecule has 20 heavy (non-hydrogen) atoms. The molecular formula is C16H23N3S. The predicted octanol–water partition coefficient (Wildman–Crippen LogP) is 3.56. The van der Waals surface area contributed by atoms with E-state index in [1.54, 1.807) is 0 Å². The largest absolute Gasteiger partial charge is 0.398 e. The third-order valence-corrected chi connectivity index (χ3v) is 4.64. The van der Waals surface area contributed by atoms with Gasteiger partial charge in [0.05, 0.1) is 0 Å². The van der Waals surface area contributed by atoms with E-state index in [0.29, 0.717) is 0 Å². The fraction of sp³-hybridized carbons (Fsp3) is 0.438. The summed E-state index contributed by atoms with van der Waals surface area (Å²) in [5.41, 5.74) is 7.88. The summed E-state index contributed by atoms with van der Waals surface area (Å²) < 4.78 is 0. The minimum absolute atomic E-state index is 0.806. The smallest absolute Gasteiger partial charge is 0.0410 e. The maximum atomic E-state index is 6.04. The van der Waals surface area contributed by atoms with Gasteiger partial charge in [-0.05, 0) is 38.2 Å². The Labute approximate surface area is 125 Å². The molecule has 0 spiro atoms. The summed E-state index contributed by atoms with van der Waals surface area (Å²) >= 11 is 1.90. The van der Waals surface area contributed by atoms with Crippen LogP contribution in [0.5, 0.6) is 0 Å². The van der Waals surface area contributed by atoms with E-state index in [1.807, 2.05) is 30.9 Å². The van der Waals surface area contributed by atoms with Gasteiger partial charge < -0.3 is 10.6 Å². The van der Waals surface area contributed by atoms with Gasteiger partial charge in [-0.3, -0.25) is 4.98 Å². The molecule has 2 aromatic rings. The molecule has 2 N–H and O–H groups in total. The monoisotopic (exact) mass is 289 g/mol. The van der Waals surface area contributed by atoms with Crippen molar-refractivity contribution in [2.45, 2.75) is 25.7 Å². The van der Waals surface area contributed by atoms with E-state index in [0.717, 1.165) is 42.2 Å². The minimum atomic E-state index is 0.806. The van der Waals surface area contributed by atoms with E-state index in [-0.39, 0.29) is 0 Å². The zero-order valence-corrected chi connectivity index (χ0v) is 13.3. The van der Waals surface area contributed by atoms with E-state index in [2.05, 4.69) is 35.9 Å². The molecule has 1 heterocycles. The van der Waals surface area contributed by atoms with Crippen molar-refractivity contribution in [3.05, 3.63) is 30.1 Å². The molecule has 0 bridgehead atoms. The maximum Gasteiger partial charge on any atom is 0.0410 e. The van der Waals surface area contributed by atoms with Crippen molar-refractivity contribution in [3.8, 4) is 0 Å². The van der Waals surface area contributed by atoms with Gasteiger partial charge >= 0.3 is 0 Å². The van der Waals surface area contributed by atoms with E-state index in [4.69, 9.17) is 5.73 Å². The standard InChI is InChI=1S/C16H23N3S/c1-4-19(5-2)8-9-20-16-7-6-15(17)14-11-18-12(3)10-13(14)16/h6-7,10-11H,4-5,8-9,17H2,1-3H3. The first-order chi connectivity index (χ1) is 9.65. The van der Waals surface area contributed by atoms with Crippen LogP contribution in [0, 0.1) is 6.92 Å². The van der Waals surface area contributed by atoms with Crippen molar-refractivity contribution in [1.82, 2.24) is 9.88 Å². The molecule has 0 saturated heterocycles. The second-order valence-corrected chi connectivity index (χ2v) is 6.04. The first-order valence-corrected chi connectivity index (χ1v) is 8.14. The van der Waals surface area contributed by atoms with Gasteiger partial charge in [0.1, 0.15) is 0 Å². The van der Waals surface area contributed by atoms with Crippen molar-refractivity contribution in [2.24, 2.45) is 0 Å². The average molecular weight is 289 g/mol. The van der Waals surface area contributed by atoms with Gasteiger partial charge in [0, 0.05) is 45.5 Å². The number of nitrogens with two attached hydrogens (primary N) is 1. The third-order valence-electron chi connectivity index (χ3n) is 3.59. The van der Waals surface area contributed by atoms with Gasteiger partial charge in [-0.25, -0.2) is 0 Å². The van der Waals surface area contributed by atoms with Crippen LogP contribution in [0.1, 0.15) is 19.5 Å². The average Bonchev–Trinajstić information content (AvgIpc) is 2.46. The fourth-order valence-electron chi connectivity index (χ4n) is 2.29. The van der Waals surface area contributed by atoms with Crippen LogP contribution >= 0.6 is 11.8 Å². The Morgan fingerprint density at radius 1 is 1.20 bits per heavy atom. The van der Waals surface area contributed by atoms with Crippen LogP contribution in [0.15, 0.2) is 29.3 Å². The third kappa shape index (κ3) is 3.44. The summed E-state index contributed by atoms with van der Waals surface area (Å²) in [6.45, 7) is 9.79.